The third-order valence-corrected chi connectivity index (χ3v) is 5.16. The first-order valence-corrected chi connectivity index (χ1v) is 9.55. The summed E-state index contributed by atoms with van der Waals surface area (Å²) >= 11 is 0. The fourth-order valence-corrected chi connectivity index (χ4v) is 3.40. The summed E-state index contributed by atoms with van der Waals surface area (Å²) in [5, 5.41) is 23.1. The third-order valence-electron chi connectivity index (χ3n) is 4.05. The molecule has 2 heterocycles. The normalized spacial score (nSPS) is 15.4. The molecule has 1 unspecified atom stereocenters. The van der Waals surface area contributed by atoms with Gasteiger partial charge in [-0.05, 0) is 12.1 Å². The number of nitriles is 2. The van der Waals surface area contributed by atoms with Crippen molar-refractivity contribution in [2.75, 3.05) is 23.0 Å². The minimum atomic E-state index is -3.62. The van der Waals surface area contributed by atoms with Crippen LogP contribution >= 0.6 is 0 Å². The number of aliphatic imine (C=N–C) groups is 1. The lowest BCUT2D eigenvalue weighted by Gasteiger charge is -2.26. The van der Waals surface area contributed by atoms with Crippen LogP contribution in [0.2, 0.25) is 0 Å². The number of guanidine groups is 1. The molecule has 1 aliphatic rings. The highest BCUT2D eigenvalue weighted by Crippen LogP contribution is 2.41. The van der Waals surface area contributed by atoms with Gasteiger partial charge >= 0.3 is 0 Å². The molecule has 0 amide bonds. The van der Waals surface area contributed by atoms with E-state index in [2.05, 4.69) is 20.6 Å². The molecule has 2 aromatic rings. The Hall–Kier alpha value is -3.90. The molecular weight excluding hydrogens is 387 g/mol. The zero-order valence-corrected chi connectivity index (χ0v) is 15.2. The first kappa shape index (κ1) is 18.9. The Morgan fingerprint density at radius 3 is 2.61 bits per heavy atom. The molecule has 10 nitrogen and oxygen atoms in total. The van der Waals surface area contributed by atoms with Crippen LogP contribution in [0.25, 0.3) is 0 Å². The number of hydrogen-bond donors (Lipinski definition) is 4. The number of halogens is 1. The standard InChI is InChI=1S/C16H13FN8O2S/c1-28(26,27)7-2-3-8(10(17)4-7)13-11-12(20)9(5-18)14(21)24-15(11)25-16(23-13)22-6-19/h2-4,13H,1H3,(H6,20,21,22,23,24,25). The second kappa shape index (κ2) is 6.68. The number of nitrogens with two attached hydrogens (primary N) is 2. The van der Waals surface area contributed by atoms with Crippen LogP contribution in [0.4, 0.5) is 21.7 Å². The average Bonchev–Trinajstić information content (AvgIpc) is 2.60. The maximum Gasteiger partial charge on any atom is 0.211 e. The number of nitrogens with one attached hydrogen (secondary N) is 2. The predicted molar refractivity (Wildman–Crippen MR) is 98.9 cm³/mol. The van der Waals surface area contributed by atoms with Crippen molar-refractivity contribution in [1.29, 1.82) is 10.5 Å². The number of hydrogen-bond acceptors (Lipinski definition) is 10. The van der Waals surface area contributed by atoms with Gasteiger partial charge in [-0.1, -0.05) is 6.07 Å². The zero-order valence-electron chi connectivity index (χ0n) is 14.4. The Balaban J connectivity index is 2.26. The van der Waals surface area contributed by atoms with E-state index in [-0.39, 0.29) is 44.9 Å². The molecule has 1 aromatic heterocycles. The summed E-state index contributed by atoms with van der Waals surface area (Å²) in [6, 6.07) is 4.09. The SMILES string of the molecule is CS(=O)(=O)c1ccc(C2N=C(NC#N)Nc3nc(N)c(C#N)c(N)c32)c(F)c1. The maximum atomic E-state index is 14.8. The summed E-state index contributed by atoms with van der Waals surface area (Å²) in [6.07, 6.45) is 2.63. The molecule has 0 saturated carbocycles. The fraction of sp³-hybridized carbons (Fsp3) is 0.125. The van der Waals surface area contributed by atoms with E-state index in [4.69, 9.17) is 16.7 Å². The molecular formula is C16H13FN8O2S. The van der Waals surface area contributed by atoms with Gasteiger partial charge in [0.25, 0.3) is 0 Å². The lowest BCUT2D eigenvalue weighted by atomic mass is 9.95. The van der Waals surface area contributed by atoms with Crippen LogP contribution in [0.15, 0.2) is 28.1 Å². The lowest BCUT2D eigenvalue weighted by molar-refractivity contribution is 0.585. The van der Waals surface area contributed by atoms with Crippen molar-refractivity contribution in [3.8, 4) is 12.3 Å². The number of fused-ring (bicyclic) bond motifs is 1. The van der Waals surface area contributed by atoms with E-state index < -0.39 is 21.7 Å². The van der Waals surface area contributed by atoms with E-state index in [0.717, 1.165) is 12.3 Å². The summed E-state index contributed by atoms with van der Waals surface area (Å²) in [6.45, 7) is 0. The van der Waals surface area contributed by atoms with E-state index in [9.17, 15) is 18.1 Å². The van der Waals surface area contributed by atoms with Crippen LogP contribution in [-0.4, -0.2) is 25.6 Å². The van der Waals surface area contributed by atoms with Gasteiger partial charge in [0.2, 0.25) is 5.96 Å². The minimum Gasteiger partial charge on any atom is -0.397 e. The van der Waals surface area contributed by atoms with Gasteiger partial charge in [-0.2, -0.15) is 10.5 Å². The number of aromatic nitrogens is 1. The molecule has 142 valence electrons. The Labute approximate surface area is 159 Å². The van der Waals surface area contributed by atoms with Crippen LogP contribution in [0.5, 0.6) is 0 Å². The largest absolute Gasteiger partial charge is 0.397 e. The molecule has 12 heteroatoms. The molecule has 0 aliphatic carbocycles. The molecule has 1 aliphatic heterocycles. The number of rotatable bonds is 2. The summed E-state index contributed by atoms with van der Waals surface area (Å²) in [5.74, 6) is -0.937. The molecule has 0 spiro atoms. The average molecular weight is 400 g/mol. The van der Waals surface area contributed by atoms with Crippen molar-refractivity contribution < 1.29 is 12.8 Å². The Bertz CT molecular complexity index is 1210. The van der Waals surface area contributed by atoms with Gasteiger partial charge in [0.15, 0.2) is 16.0 Å². The molecule has 6 N–H and O–H groups in total. The van der Waals surface area contributed by atoms with E-state index >= 15 is 0 Å². The molecule has 0 radical (unpaired) electrons. The van der Waals surface area contributed by atoms with Crippen molar-refractivity contribution in [1.82, 2.24) is 10.3 Å². The first-order valence-electron chi connectivity index (χ1n) is 7.65. The van der Waals surface area contributed by atoms with Gasteiger partial charge in [0.05, 0.1) is 10.6 Å². The van der Waals surface area contributed by atoms with Crippen LogP contribution in [0, 0.1) is 28.6 Å². The number of benzene rings is 1. The molecule has 0 bridgehead atoms. The number of nitrogens with zero attached hydrogens (tertiary/aromatic N) is 4. The van der Waals surface area contributed by atoms with E-state index in [1.165, 1.54) is 12.1 Å². The van der Waals surface area contributed by atoms with Crippen molar-refractivity contribution >= 4 is 33.1 Å². The smallest absolute Gasteiger partial charge is 0.211 e. The van der Waals surface area contributed by atoms with Gasteiger partial charge in [0, 0.05) is 17.4 Å². The second-order valence-electron chi connectivity index (χ2n) is 5.86. The van der Waals surface area contributed by atoms with Crippen LogP contribution in [-0.2, 0) is 9.84 Å². The lowest BCUT2D eigenvalue weighted by Crippen LogP contribution is -2.33. The van der Waals surface area contributed by atoms with Crippen molar-refractivity contribution in [2.45, 2.75) is 10.9 Å². The van der Waals surface area contributed by atoms with E-state index in [1.54, 1.807) is 6.19 Å². The van der Waals surface area contributed by atoms with Gasteiger partial charge < -0.3 is 16.8 Å². The Kier molecular flexibility index (Phi) is 4.50. The summed E-state index contributed by atoms with van der Waals surface area (Å²) in [5.41, 5.74) is 11.8. The van der Waals surface area contributed by atoms with Gasteiger partial charge in [-0.25, -0.2) is 22.8 Å². The van der Waals surface area contributed by atoms with Crippen molar-refractivity contribution in [3.63, 3.8) is 0 Å². The number of sulfone groups is 1. The van der Waals surface area contributed by atoms with E-state index in [1.807, 2.05) is 6.07 Å². The molecule has 1 atom stereocenters. The fourth-order valence-electron chi connectivity index (χ4n) is 2.77. The zero-order chi connectivity index (χ0) is 20.6. The van der Waals surface area contributed by atoms with Crippen LogP contribution < -0.4 is 22.1 Å². The van der Waals surface area contributed by atoms with Gasteiger partial charge in [-0.3, -0.25) is 5.32 Å². The second-order valence-corrected chi connectivity index (χ2v) is 7.87. The molecule has 3 rings (SSSR count). The number of nitrogen functional groups attached to an aromatic ring is 2. The highest BCUT2D eigenvalue weighted by atomic mass is 32.2. The van der Waals surface area contributed by atoms with Crippen molar-refractivity contribution in [2.24, 2.45) is 4.99 Å². The molecule has 0 saturated heterocycles. The van der Waals surface area contributed by atoms with Crippen LogP contribution in [0.3, 0.4) is 0 Å². The summed E-state index contributed by atoms with van der Waals surface area (Å²) in [7, 11) is -3.62. The first-order chi connectivity index (χ1) is 13.2. The molecule has 1 aromatic carbocycles. The summed E-state index contributed by atoms with van der Waals surface area (Å²) < 4.78 is 38.1. The third kappa shape index (κ3) is 3.13. The highest BCUT2D eigenvalue weighted by molar-refractivity contribution is 7.90. The van der Waals surface area contributed by atoms with Crippen LogP contribution in [0.1, 0.15) is 22.7 Å². The number of anilines is 3. The summed E-state index contributed by atoms with van der Waals surface area (Å²) in [4.78, 5) is 8.06. The van der Waals surface area contributed by atoms with Gasteiger partial charge in [-0.15, -0.1) is 0 Å². The Morgan fingerprint density at radius 1 is 1.32 bits per heavy atom. The topological polar surface area (TPSA) is 183 Å². The maximum absolute atomic E-state index is 14.8. The predicted octanol–water partition coefficient (Wildman–Crippen LogP) is 0.602. The highest BCUT2D eigenvalue weighted by Gasteiger charge is 2.31. The number of pyridine rings is 1. The van der Waals surface area contributed by atoms with Crippen molar-refractivity contribution in [3.05, 3.63) is 40.7 Å². The molecule has 0 fully saturated rings. The van der Waals surface area contributed by atoms with Gasteiger partial charge in [0.1, 0.15) is 35.1 Å². The monoisotopic (exact) mass is 400 g/mol. The molecule has 28 heavy (non-hydrogen) atoms. The Morgan fingerprint density at radius 2 is 2.04 bits per heavy atom. The van der Waals surface area contributed by atoms with E-state index in [0.29, 0.717) is 0 Å². The quantitative estimate of drug-likeness (QED) is 0.414. The minimum absolute atomic E-state index is 0.0189.